The van der Waals surface area contributed by atoms with Crippen molar-refractivity contribution in [3.05, 3.63) is 0 Å². The lowest BCUT2D eigenvalue weighted by molar-refractivity contribution is -0.141. The van der Waals surface area contributed by atoms with Crippen LogP contribution in [0.1, 0.15) is 66.2 Å². The fourth-order valence-corrected chi connectivity index (χ4v) is 2.71. The third-order valence-electron chi connectivity index (χ3n) is 4.41. The minimum Gasteiger partial charge on any atom is -0.305 e. The smallest absolute Gasteiger partial charge is 0.247 e. The number of unbranched alkanes of at least 4 members (excludes halogenated alkanes) is 1. The topological polar surface area (TPSA) is 49.4 Å². The first-order valence-electron chi connectivity index (χ1n) is 8.14. The molecule has 1 aliphatic heterocycles. The van der Waals surface area contributed by atoms with Gasteiger partial charge in [-0.1, -0.05) is 40.0 Å². The Kier molecular flexibility index (Phi) is 7.20. The molecule has 3 atom stereocenters. The molecule has 0 aliphatic carbocycles. The molecular formula is C16H30N2O2. The fraction of sp³-hybridized carbons (Fsp3) is 0.875. The second kappa shape index (κ2) is 8.40. The fourth-order valence-electron chi connectivity index (χ4n) is 2.71. The second-order valence-corrected chi connectivity index (χ2v) is 5.94. The van der Waals surface area contributed by atoms with E-state index in [2.05, 4.69) is 19.2 Å². The summed E-state index contributed by atoms with van der Waals surface area (Å²) < 4.78 is 0. The van der Waals surface area contributed by atoms with Crippen LogP contribution in [0.15, 0.2) is 0 Å². The van der Waals surface area contributed by atoms with E-state index in [0.29, 0.717) is 12.3 Å². The number of rotatable bonds is 9. The van der Waals surface area contributed by atoms with Crippen LogP contribution in [0.5, 0.6) is 0 Å². The number of imide groups is 1. The zero-order valence-corrected chi connectivity index (χ0v) is 13.4. The van der Waals surface area contributed by atoms with Crippen LogP contribution in [-0.4, -0.2) is 35.3 Å². The highest BCUT2D eigenvalue weighted by Crippen LogP contribution is 2.19. The highest BCUT2D eigenvalue weighted by atomic mass is 16.2. The van der Waals surface area contributed by atoms with Crippen LogP contribution in [0.2, 0.25) is 0 Å². The van der Waals surface area contributed by atoms with Crippen molar-refractivity contribution >= 4 is 11.8 Å². The van der Waals surface area contributed by atoms with Crippen LogP contribution in [0.4, 0.5) is 0 Å². The minimum atomic E-state index is -0.299. The van der Waals surface area contributed by atoms with Gasteiger partial charge in [0.05, 0.1) is 12.5 Å². The molecule has 1 N–H and O–H groups in total. The molecule has 0 bridgehead atoms. The van der Waals surface area contributed by atoms with Gasteiger partial charge in [-0.05, 0) is 32.2 Å². The number of likely N-dealkylation sites (tertiary alicyclic amines) is 1. The molecule has 4 nitrogen and oxygen atoms in total. The Balaban J connectivity index is 2.49. The summed E-state index contributed by atoms with van der Waals surface area (Å²) in [6, 6.07) is -0.281. The van der Waals surface area contributed by atoms with E-state index in [-0.39, 0.29) is 23.9 Å². The zero-order valence-electron chi connectivity index (χ0n) is 13.4. The summed E-state index contributed by atoms with van der Waals surface area (Å²) in [7, 11) is 0. The van der Waals surface area contributed by atoms with Gasteiger partial charge in [-0.15, -0.1) is 0 Å². The molecule has 0 spiro atoms. The summed E-state index contributed by atoms with van der Waals surface area (Å²) in [6.07, 6.45) is 5.91. The molecule has 1 fully saturated rings. The van der Waals surface area contributed by atoms with Crippen LogP contribution in [0.25, 0.3) is 0 Å². The van der Waals surface area contributed by atoms with Crippen LogP contribution in [0.3, 0.4) is 0 Å². The lowest BCUT2D eigenvalue weighted by atomic mass is 9.99. The van der Waals surface area contributed by atoms with E-state index in [4.69, 9.17) is 0 Å². The van der Waals surface area contributed by atoms with Gasteiger partial charge < -0.3 is 5.32 Å². The van der Waals surface area contributed by atoms with Crippen molar-refractivity contribution in [2.75, 3.05) is 6.54 Å². The van der Waals surface area contributed by atoms with Crippen molar-refractivity contribution in [2.24, 2.45) is 5.92 Å². The number of carbonyl (C=O) groups is 2. The first-order chi connectivity index (χ1) is 9.54. The average Bonchev–Trinajstić information content (AvgIpc) is 2.73. The molecule has 0 radical (unpaired) electrons. The molecule has 1 rings (SSSR count). The first kappa shape index (κ1) is 17.2. The van der Waals surface area contributed by atoms with Gasteiger partial charge in [0, 0.05) is 6.04 Å². The Morgan fingerprint density at radius 1 is 1.25 bits per heavy atom. The first-order valence-corrected chi connectivity index (χ1v) is 8.14. The maximum Gasteiger partial charge on any atom is 0.247 e. The van der Waals surface area contributed by atoms with Gasteiger partial charge in [-0.2, -0.15) is 0 Å². The van der Waals surface area contributed by atoms with Crippen molar-refractivity contribution in [3.63, 3.8) is 0 Å². The third-order valence-corrected chi connectivity index (χ3v) is 4.41. The van der Waals surface area contributed by atoms with Gasteiger partial charge in [-0.25, -0.2) is 0 Å². The largest absolute Gasteiger partial charge is 0.305 e. The van der Waals surface area contributed by atoms with Crippen molar-refractivity contribution < 1.29 is 9.59 Å². The number of amides is 2. The molecule has 0 saturated carbocycles. The highest BCUT2D eigenvalue weighted by Gasteiger charge is 2.40. The Morgan fingerprint density at radius 3 is 2.50 bits per heavy atom. The normalized spacial score (nSPS) is 22.4. The van der Waals surface area contributed by atoms with E-state index in [1.807, 2.05) is 13.8 Å². The van der Waals surface area contributed by atoms with Crippen LogP contribution in [-0.2, 0) is 9.59 Å². The number of nitrogens with zero attached hydrogens (tertiary/aromatic N) is 1. The molecule has 0 aromatic carbocycles. The molecule has 4 heteroatoms. The van der Waals surface area contributed by atoms with E-state index in [0.717, 1.165) is 19.4 Å². The van der Waals surface area contributed by atoms with Gasteiger partial charge in [0.2, 0.25) is 11.8 Å². The molecular weight excluding hydrogens is 252 g/mol. The predicted molar refractivity (Wildman–Crippen MR) is 81.3 cm³/mol. The summed E-state index contributed by atoms with van der Waals surface area (Å²) in [5.41, 5.74) is 0. The van der Waals surface area contributed by atoms with Crippen LogP contribution in [0, 0.1) is 5.92 Å². The maximum atomic E-state index is 12.3. The van der Waals surface area contributed by atoms with Crippen LogP contribution >= 0.6 is 0 Å². The Morgan fingerprint density at radius 2 is 1.95 bits per heavy atom. The summed E-state index contributed by atoms with van der Waals surface area (Å²) in [5, 5.41) is 3.32. The number of nitrogens with one attached hydrogen (secondary N) is 1. The SMILES string of the molecule is CCCCC(CC)CNC1CC(=O)N(C(C)CC)C1=O. The maximum absolute atomic E-state index is 12.3. The van der Waals surface area contributed by atoms with E-state index in [1.54, 1.807) is 0 Å². The average molecular weight is 282 g/mol. The molecule has 2 amide bonds. The Bertz CT molecular complexity index is 330. The minimum absolute atomic E-state index is 0.0175. The van der Waals surface area contributed by atoms with Crippen molar-refractivity contribution in [2.45, 2.75) is 78.3 Å². The molecule has 116 valence electrons. The molecule has 0 aromatic heterocycles. The second-order valence-electron chi connectivity index (χ2n) is 5.94. The summed E-state index contributed by atoms with van der Waals surface area (Å²) in [6.45, 7) is 9.17. The van der Waals surface area contributed by atoms with Gasteiger partial charge in [0.1, 0.15) is 0 Å². The molecule has 3 unspecified atom stereocenters. The van der Waals surface area contributed by atoms with Crippen molar-refractivity contribution in [1.82, 2.24) is 10.2 Å². The third kappa shape index (κ3) is 4.30. The molecule has 1 aliphatic rings. The summed E-state index contributed by atoms with van der Waals surface area (Å²) in [4.78, 5) is 25.7. The van der Waals surface area contributed by atoms with Gasteiger partial charge in [0.15, 0.2) is 0 Å². The van der Waals surface area contributed by atoms with E-state index >= 15 is 0 Å². The summed E-state index contributed by atoms with van der Waals surface area (Å²) >= 11 is 0. The van der Waals surface area contributed by atoms with E-state index in [9.17, 15) is 9.59 Å². The van der Waals surface area contributed by atoms with Crippen molar-refractivity contribution in [3.8, 4) is 0 Å². The Labute approximate surface area is 123 Å². The van der Waals surface area contributed by atoms with Gasteiger partial charge in [-0.3, -0.25) is 14.5 Å². The van der Waals surface area contributed by atoms with Crippen molar-refractivity contribution in [1.29, 1.82) is 0 Å². The van der Waals surface area contributed by atoms with Gasteiger partial charge in [0.25, 0.3) is 0 Å². The quantitative estimate of drug-likeness (QED) is 0.662. The Hall–Kier alpha value is -0.900. The number of hydrogen-bond donors (Lipinski definition) is 1. The monoisotopic (exact) mass is 282 g/mol. The van der Waals surface area contributed by atoms with Crippen LogP contribution < -0.4 is 5.32 Å². The molecule has 1 heterocycles. The summed E-state index contributed by atoms with van der Waals surface area (Å²) in [5.74, 6) is 0.550. The lowest BCUT2D eigenvalue weighted by Crippen LogP contribution is -2.43. The number of hydrogen-bond acceptors (Lipinski definition) is 3. The predicted octanol–water partition coefficient (Wildman–Crippen LogP) is 2.72. The number of carbonyl (C=O) groups excluding carboxylic acids is 2. The highest BCUT2D eigenvalue weighted by molar-refractivity contribution is 6.05. The molecule has 1 saturated heterocycles. The van der Waals surface area contributed by atoms with E-state index in [1.165, 1.54) is 24.2 Å². The lowest BCUT2D eigenvalue weighted by Gasteiger charge is -2.22. The van der Waals surface area contributed by atoms with E-state index < -0.39 is 0 Å². The standard InChI is InChI=1S/C16H30N2O2/c1-5-8-9-13(7-3)11-17-14-10-15(19)18(16(14)20)12(4)6-2/h12-14,17H,5-11H2,1-4H3. The van der Waals surface area contributed by atoms with Gasteiger partial charge >= 0.3 is 0 Å². The zero-order chi connectivity index (χ0) is 15.1. The molecule has 20 heavy (non-hydrogen) atoms. The molecule has 0 aromatic rings.